The Hall–Kier alpha value is -0.550. The van der Waals surface area contributed by atoms with Gasteiger partial charge in [-0.2, -0.15) is 0 Å². The summed E-state index contributed by atoms with van der Waals surface area (Å²) in [5, 5.41) is 0. The smallest absolute Gasteiger partial charge is 0.195 e. The highest BCUT2D eigenvalue weighted by atomic mass is 79.9. The van der Waals surface area contributed by atoms with Crippen LogP contribution in [0.25, 0.3) is 0 Å². The minimum absolute atomic E-state index is 0.189. The predicted octanol–water partition coefficient (Wildman–Crippen LogP) is 4.63. The average Bonchev–Trinajstić information content (AvgIpc) is 2.55. The molecule has 0 radical (unpaired) electrons. The predicted molar refractivity (Wildman–Crippen MR) is 76.3 cm³/mol. The Balaban J connectivity index is 2.47. The lowest BCUT2D eigenvalue weighted by Crippen LogP contribution is -2.01. The number of nitrogens with two attached hydrogens (primary N) is 1. The van der Waals surface area contributed by atoms with Gasteiger partial charge in [0, 0.05) is 15.7 Å². The van der Waals surface area contributed by atoms with Crippen molar-refractivity contribution in [3.63, 3.8) is 0 Å². The third kappa shape index (κ3) is 2.83. The lowest BCUT2D eigenvalue weighted by molar-refractivity contribution is 0.103. The van der Waals surface area contributed by atoms with E-state index >= 15 is 0 Å². The molecule has 0 atom stereocenters. The molecule has 0 unspecified atom stereocenters. The first-order valence-corrected chi connectivity index (χ1v) is 6.89. The van der Waals surface area contributed by atoms with E-state index in [0.717, 1.165) is 4.47 Å². The van der Waals surface area contributed by atoms with Crippen LogP contribution < -0.4 is 5.73 Å². The van der Waals surface area contributed by atoms with Crippen molar-refractivity contribution in [2.24, 2.45) is 0 Å². The molecule has 17 heavy (non-hydrogen) atoms. The van der Waals surface area contributed by atoms with Crippen LogP contribution in [0.4, 0.5) is 5.69 Å². The van der Waals surface area contributed by atoms with Crippen molar-refractivity contribution < 1.29 is 4.79 Å². The summed E-state index contributed by atoms with van der Waals surface area (Å²) in [6.45, 7) is 0. The average molecular weight is 351 g/mol. The normalized spacial score (nSPS) is 10.5. The number of rotatable bonds is 2. The number of anilines is 1. The van der Waals surface area contributed by atoms with E-state index in [1.54, 1.807) is 24.3 Å². The van der Waals surface area contributed by atoms with Crippen molar-refractivity contribution >= 4 is 61.9 Å². The molecule has 0 bridgehead atoms. The molecule has 0 spiro atoms. The molecular formula is C11H6BrCl2NOS. The molecule has 2 aromatic rings. The molecule has 1 aromatic heterocycles. The summed E-state index contributed by atoms with van der Waals surface area (Å²) in [6, 6.07) is 6.59. The molecule has 0 aliphatic heterocycles. The van der Waals surface area contributed by atoms with E-state index in [2.05, 4.69) is 15.9 Å². The number of hydrogen-bond donors (Lipinski definition) is 1. The van der Waals surface area contributed by atoms with Crippen LogP contribution in [0.1, 0.15) is 15.9 Å². The van der Waals surface area contributed by atoms with Gasteiger partial charge in [-0.15, -0.1) is 11.3 Å². The lowest BCUT2D eigenvalue weighted by atomic mass is 10.1. The van der Waals surface area contributed by atoms with Gasteiger partial charge < -0.3 is 5.73 Å². The fourth-order valence-corrected chi connectivity index (χ4v) is 3.36. The third-order valence-corrected chi connectivity index (χ3v) is 4.03. The molecule has 1 aromatic carbocycles. The summed E-state index contributed by atoms with van der Waals surface area (Å²) in [6.07, 6.45) is 0. The number of thiophene rings is 1. The summed E-state index contributed by atoms with van der Waals surface area (Å²) in [7, 11) is 0. The number of hydrogen-bond acceptors (Lipinski definition) is 3. The topological polar surface area (TPSA) is 43.1 Å². The van der Waals surface area contributed by atoms with E-state index in [0.29, 0.717) is 25.5 Å². The van der Waals surface area contributed by atoms with E-state index in [1.807, 2.05) is 0 Å². The quantitative estimate of drug-likeness (QED) is 0.633. The molecule has 0 saturated carbocycles. The monoisotopic (exact) mass is 349 g/mol. The third-order valence-electron chi connectivity index (χ3n) is 2.08. The van der Waals surface area contributed by atoms with Gasteiger partial charge in [-0.25, -0.2) is 0 Å². The van der Waals surface area contributed by atoms with Crippen LogP contribution >= 0.6 is 50.5 Å². The number of benzene rings is 1. The summed E-state index contributed by atoms with van der Waals surface area (Å²) >= 11 is 16.2. The Labute approximate surface area is 120 Å². The van der Waals surface area contributed by atoms with Crippen molar-refractivity contribution in [2.75, 3.05) is 5.73 Å². The Morgan fingerprint density at radius 1 is 1.24 bits per heavy atom. The molecule has 6 heteroatoms. The number of ketones is 1. The van der Waals surface area contributed by atoms with Gasteiger partial charge in [0.25, 0.3) is 0 Å². The summed E-state index contributed by atoms with van der Waals surface area (Å²) in [5.74, 6) is -0.189. The van der Waals surface area contributed by atoms with Crippen molar-refractivity contribution in [1.29, 1.82) is 0 Å². The van der Waals surface area contributed by atoms with Crippen LogP contribution in [0.5, 0.6) is 0 Å². The summed E-state index contributed by atoms with van der Waals surface area (Å²) in [5.41, 5.74) is 7.08. The molecule has 0 aliphatic carbocycles. The minimum Gasteiger partial charge on any atom is -0.399 e. The van der Waals surface area contributed by atoms with E-state index in [1.165, 1.54) is 11.3 Å². The molecule has 88 valence electrons. The maximum absolute atomic E-state index is 12.2. The minimum atomic E-state index is -0.189. The van der Waals surface area contributed by atoms with E-state index in [4.69, 9.17) is 28.9 Å². The molecule has 2 rings (SSSR count). The lowest BCUT2D eigenvalue weighted by Gasteiger charge is -2.02. The highest BCUT2D eigenvalue weighted by Crippen LogP contribution is 2.33. The van der Waals surface area contributed by atoms with Gasteiger partial charge >= 0.3 is 0 Å². The van der Waals surface area contributed by atoms with Gasteiger partial charge in [0.15, 0.2) is 5.78 Å². The zero-order chi connectivity index (χ0) is 12.6. The zero-order valence-corrected chi connectivity index (χ0v) is 12.3. The first-order chi connectivity index (χ1) is 7.97. The maximum Gasteiger partial charge on any atom is 0.195 e. The van der Waals surface area contributed by atoms with Gasteiger partial charge in [0.05, 0.1) is 9.90 Å². The van der Waals surface area contributed by atoms with Crippen LogP contribution in [0.3, 0.4) is 0 Å². The van der Waals surface area contributed by atoms with Crippen molar-refractivity contribution in [3.05, 3.63) is 48.5 Å². The molecule has 1 heterocycles. The maximum atomic E-state index is 12.2. The van der Waals surface area contributed by atoms with Gasteiger partial charge in [0.2, 0.25) is 0 Å². The molecule has 0 amide bonds. The largest absolute Gasteiger partial charge is 0.399 e. The Kier molecular flexibility index (Phi) is 3.78. The van der Waals surface area contributed by atoms with Gasteiger partial charge in [-0.3, -0.25) is 4.79 Å². The van der Waals surface area contributed by atoms with Crippen LogP contribution in [-0.4, -0.2) is 5.78 Å². The summed E-state index contributed by atoms with van der Waals surface area (Å²) in [4.78, 5) is 12.2. The highest BCUT2D eigenvalue weighted by molar-refractivity contribution is 9.10. The molecule has 2 nitrogen and oxygen atoms in total. The highest BCUT2D eigenvalue weighted by Gasteiger charge is 2.16. The zero-order valence-electron chi connectivity index (χ0n) is 8.34. The second-order valence-electron chi connectivity index (χ2n) is 3.34. The van der Waals surface area contributed by atoms with Crippen LogP contribution in [0, 0.1) is 0 Å². The number of carbonyl (C=O) groups is 1. The number of carbonyl (C=O) groups excluding carboxylic acids is 1. The van der Waals surface area contributed by atoms with Crippen LogP contribution in [-0.2, 0) is 0 Å². The van der Waals surface area contributed by atoms with E-state index < -0.39 is 0 Å². The van der Waals surface area contributed by atoms with Gasteiger partial charge in [0.1, 0.15) is 4.34 Å². The Morgan fingerprint density at radius 3 is 2.47 bits per heavy atom. The molecule has 2 N–H and O–H groups in total. The Bertz CT molecular complexity index is 577. The number of halogens is 3. The first-order valence-electron chi connectivity index (χ1n) is 4.53. The van der Waals surface area contributed by atoms with Crippen LogP contribution in [0.2, 0.25) is 8.67 Å². The van der Waals surface area contributed by atoms with E-state index in [-0.39, 0.29) is 5.78 Å². The molecule has 0 aliphatic rings. The van der Waals surface area contributed by atoms with Gasteiger partial charge in [-0.1, -0.05) is 39.1 Å². The van der Waals surface area contributed by atoms with Crippen molar-refractivity contribution in [3.8, 4) is 0 Å². The molecular weight excluding hydrogens is 345 g/mol. The SMILES string of the molecule is Nc1cc(Br)cc(C(=O)c2cc(Cl)sc2Cl)c1. The second-order valence-corrected chi connectivity index (χ2v) is 6.54. The standard InChI is InChI=1S/C11H6BrCl2NOS/c12-6-1-5(2-7(15)3-6)10(16)8-4-9(13)17-11(8)14/h1-4H,15H2. The fourth-order valence-electron chi connectivity index (χ4n) is 1.39. The summed E-state index contributed by atoms with van der Waals surface area (Å²) < 4.78 is 1.62. The fraction of sp³-hybridized carbons (Fsp3) is 0. The van der Waals surface area contributed by atoms with Crippen LogP contribution in [0.15, 0.2) is 28.7 Å². The first kappa shape index (κ1) is 12.9. The molecule has 0 saturated heterocycles. The number of nitrogen functional groups attached to an aromatic ring is 1. The van der Waals surface area contributed by atoms with Crippen molar-refractivity contribution in [2.45, 2.75) is 0 Å². The Morgan fingerprint density at radius 2 is 1.94 bits per heavy atom. The van der Waals surface area contributed by atoms with Crippen molar-refractivity contribution in [1.82, 2.24) is 0 Å². The molecule has 0 fully saturated rings. The second kappa shape index (κ2) is 4.98. The van der Waals surface area contributed by atoms with E-state index in [9.17, 15) is 4.79 Å². The van der Waals surface area contributed by atoms with Gasteiger partial charge in [-0.05, 0) is 24.3 Å².